The predicted octanol–water partition coefficient (Wildman–Crippen LogP) is 1.24. The standard InChI is InChI=1S/C12H16O5/c1-15-9-5-3-6-10(16-2)11(9)12(14)17-8-4-7-13/h3,5-6,13H,4,7-8H2,1-2H3. The highest BCUT2D eigenvalue weighted by Gasteiger charge is 2.19. The van der Waals surface area contributed by atoms with Crippen LogP contribution in [-0.4, -0.2) is 38.5 Å². The molecule has 0 saturated carbocycles. The molecule has 0 unspecified atom stereocenters. The third-order valence-corrected chi connectivity index (χ3v) is 2.17. The fourth-order valence-corrected chi connectivity index (χ4v) is 1.35. The highest BCUT2D eigenvalue weighted by Crippen LogP contribution is 2.28. The minimum absolute atomic E-state index is 0.0175. The van der Waals surface area contributed by atoms with Crippen LogP contribution in [0.3, 0.4) is 0 Å². The van der Waals surface area contributed by atoms with Gasteiger partial charge in [-0.2, -0.15) is 0 Å². The number of aliphatic hydroxyl groups excluding tert-OH is 1. The number of esters is 1. The fraction of sp³-hybridized carbons (Fsp3) is 0.417. The monoisotopic (exact) mass is 240 g/mol. The van der Waals surface area contributed by atoms with E-state index < -0.39 is 5.97 Å². The molecule has 0 radical (unpaired) electrons. The van der Waals surface area contributed by atoms with Gasteiger partial charge in [-0.3, -0.25) is 0 Å². The van der Waals surface area contributed by atoms with Gasteiger partial charge in [-0.25, -0.2) is 4.79 Å². The maximum absolute atomic E-state index is 11.8. The molecule has 1 rings (SSSR count). The third-order valence-electron chi connectivity index (χ3n) is 2.17. The number of aliphatic hydroxyl groups is 1. The maximum Gasteiger partial charge on any atom is 0.345 e. The molecule has 1 N–H and O–H groups in total. The number of carbonyl (C=O) groups is 1. The van der Waals surface area contributed by atoms with Gasteiger partial charge in [0.15, 0.2) is 0 Å². The van der Waals surface area contributed by atoms with E-state index in [0.717, 1.165) is 0 Å². The van der Waals surface area contributed by atoms with E-state index in [1.165, 1.54) is 14.2 Å². The molecule has 0 aromatic heterocycles. The summed E-state index contributed by atoms with van der Waals surface area (Å²) in [6.45, 7) is 0.146. The average molecular weight is 240 g/mol. The number of rotatable bonds is 6. The zero-order valence-electron chi connectivity index (χ0n) is 9.93. The molecule has 94 valence electrons. The molecular formula is C12H16O5. The van der Waals surface area contributed by atoms with Crippen molar-refractivity contribution in [1.82, 2.24) is 0 Å². The number of carbonyl (C=O) groups excluding carboxylic acids is 1. The molecule has 1 aromatic carbocycles. The zero-order chi connectivity index (χ0) is 12.7. The minimum atomic E-state index is -0.521. The minimum Gasteiger partial charge on any atom is -0.496 e. The van der Waals surface area contributed by atoms with Crippen LogP contribution in [0.2, 0.25) is 0 Å². The van der Waals surface area contributed by atoms with Gasteiger partial charge in [0, 0.05) is 13.0 Å². The molecule has 0 aliphatic carbocycles. The van der Waals surface area contributed by atoms with E-state index in [4.69, 9.17) is 19.3 Å². The van der Waals surface area contributed by atoms with Gasteiger partial charge >= 0.3 is 5.97 Å². The largest absolute Gasteiger partial charge is 0.496 e. The molecule has 0 aliphatic heterocycles. The summed E-state index contributed by atoms with van der Waals surface area (Å²) in [5.41, 5.74) is 0.260. The van der Waals surface area contributed by atoms with Crippen LogP contribution in [0, 0.1) is 0 Å². The molecule has 0 fully saturated rings. The molecule has 17 heavy (non-hydrogen) atoms. The molecule has 0 atom stereocenters. The molecule has 1 aromatic rings. The second-order valence-electron chi connectivity index (χ2n) is 3.25. The summed E-state index contributed by atoms with van der Waals surface area (Å²) in [6.07, 6.45) is 0.406. The molecular weight excluding hydrogens is 224 g/mol. The van der Waals surface area contributed by atoms with Crippen LogP contribution in [0.5, 0.6) is 11.5 Å². The van der Waals surface area contributed by atoms with E-state index in [2.05, 4.69) is 0 Å². The predicted molar refractivity (Wildman–Crippen MR) is 61.5 cm³/mol. The van der Waals surface area contributed by atoms with Gasteiger partial charge in [0.1, 0.15) is 17.1 Å². The molecule has 0 heterocycles. The van der Waals surface area contributed by atoms with E-state index in [1.807, 2.05) is 0 Å². The normalized spacial score (nSPS) is 9.82. The summed E-state index contributed by atoms with van der Waals surface area (Å²) in [5, 5.41) is 8.61. The highest BCUT2D eigenvalue weighted by molar-refractivity contribution is 5.95. The van der Waals surface area contributed by atoms with Gasteiger partial charge in [0.25, 0.3) is 0 Å². The van der Waals surface area contributed by atoms with Crippen LogP contribution in [0.25, 0.3) is 0 Å². The number of benzene rings is 1. The fourth-order valence-electron chi connectivity index (χ4n) is 1.35. The number of ether oxygens (including phenoxy) is 3. The van der Waals surface area contributed by atoms with Crippen molar-refractivity contribution in [2.75, 3.05) is 27.4 Å². The Kier molecular flexibility index (Phi) is 5.29. The molecule has 5 heteroatoms. The van der Waals surface area contributed by atoms with E-state index in [9.17, 15) is 4.79 Å². The van der Waals surface area contributed by atoms with E-state index >= 15 is 0 Å². The lowest BCUT2D eigenvalue weighted by molar-refractivity contribution is 0.0475. The van der Waals surface area contributed by atoms with Crippen LogP contribution < -0.4 is 9.47 Å². The highest BCUT2D eigenvalue weighted by atomic mass is 16.5. The molecule has 0 bridgehead atoms. The molecule has 0 aliphatic rings. The first-order valence-electron chi connectivity index (χ1n) is 5.23. The summed E-state index contributed by atoms with van der Waals surface area (Å²) in [6, 6.07) is 5.04. The lowest BCUT2D eigenvalue weighted by atomic mass is 10.2. The Morgan fingerprint density at radius 3 is 2.29 bits per heavy atom. The second-order valence-corrected chi connectivity index (χ2v) is 3.25. The van der Waals surface area contributed by atoms with Crippen molar-refractivity contribution in [3.63, 3.8) is 0 Å². The Labute approximate surface area is 99.9 Å². The van der Waals surface area contributed by atoms with Gasteiger partial charge in [0.05, 0.1) is 20.8 Å². The molecule has 0 spiro atoms. The van der Waals surface area contributed by atoms with E-state index in [1.54, 1.807) is 18.2 Å². The zero-order valence-corrected chi connectivity index (χ0v) is 9.93. The number of hydrogen-bond donors (Lipinski definition) is 1. The summed E-state index contributed by atoms with van der Waals surface area (Å²) in [5.74, 6) is 0.282. The van der Waals surface area contributed by atoms with Crippen molar-refractivity contribution in [3.05, 3.63) is 23.8 Å². The van der Waals surface area contributed by atoms with Crippen LogP contribution >= 0.6 is 0 Å². The summed E-state index contributed by atoms with van der Waals surface area (Å²) < 4.78 is 15.2. The van der Waals surface area contributed by atoms with Gasteiger partial charge in [-0.15, -0.1) is 0 Å². The third kappa shape index (κ3) is 3.35. The van der Waals surface area contributed by atoms with Crippen LogP contribution in [0.1, 0.15) is 16.8 Å². The Bertz CT molecular complexity index is 353. The van der Waals surface area contributed by atoms with Crippen molar-refractivity contribution in [2.45, 2.75) is 6.42 Å². The van der Waals surface area contributed by atoms with Crippen molar-refractivity contribution in [3.8, 4) is 11.5 Å². The first-order chi connectivity index (χ1) is 8.24. The van der Waals surface area contributed by atoms with Crippen molar-refractivity contribution in [1.29, 1.82) is 0 Å². The van der Waals surface area contributed by atoms with Gasteiger partial charge < -0.3 is 19.3 Å². The molecule has 5 nitrogen and oxygen atoms in total. The van der Waals surface area contributed by atoms with Crippen LogP contribution in [-0.2, 0) is 4.74 Å². The summed E-state index contributed by atoms with van der Waals surface area (Å²) in [7, 11) is 2.94. The van der Waals surface area contributed by atoms with Crippen LogP contribution in [0.4, 0.5) is 0 Å². The SMILES string of the molecule is COc1cccc(OC)c1C(=O)OCCCO. The number of hydrogen-bond acceptors (Lipinski definition) is 5. The van der Waals surface area contributed by atoms with Crippen molar-refractivity contribution >= 4 is 5.97 Å². The van der Waals surface area contributed by atoms with Crippen LogP contribution in [0.15, 0.2) is 18.2 Å². The second kappa shape index (κ2) is 6.75. The van der Waals surface area contributed by atoms with E-state index in [-0.39, 0.29) is 18.8 Å². The van der Waals surface area contributed by atoms with Crippen molar-refractivity contribution < 1.29 is 24.1 Å². The maximum atomic E-state index is 11.8. The Balaban J connectivity index is 2.89. The smallest absolute Gasteiger partial charge is 0.345 e. The quantitative estimate of drug-likeness (QED) is 0.598. The lowest BCUT2D eigenvalue weighted by Gasteiger charge is -2.12. The molecule has 0 saturated heterocycles. The lowest BCUT2D eigenvalue weighted by Crippen LogP contribution is -2.10. The van der Waals surface area contributed by atoms with Gasteiger partial charge in [0.2, 0.25) is 0 Å². The van der Waals surface area contributed by atoms with Gasteiger partial charge in [-0.1, -0.05) is 6.07 Å². The van der Waals surface area contributed by atoms with Crippen molar-refractivity contribution in [2.24, 2.45) is 0 Å². The Hall–Kier alpha value is -1.75. The first-order valence-corrected chi connectivity index (χ1v) is 5.23. The Morgan fingerprint density at radius 1 is 1.24 bits per heavy atom. The molecule has 0 amide bonds. The number of methoxy groups -OCH3 is 2. The van der Waals surface area contributed by atoms with E-state index in [0.29, 0.717) is 17.9 Å². The summed E-state index contributed by atoms with van der Waals surface area (Å²) >= 11 is 0. The average Bonchev–Trinajstić information content (AvgIpc) is 2.37. The topological polar surface area (TPSA) is 65.0 Å². The Morgan fingerprint density at radius 2 is 1.82 bits per heavy atom. The van der Waals surface area contributed by atoms with Gasteiger partial charge in [-0.05, 0) is 12.1 Å². The first kappa shape index (κ1) is 13.3. The summed E-state index contributed by atoms with van der Waals surface area (Å²) in [4.78, 5) is 11.8.